The van der Waals surface area contributed by atoms with Crippen molar-refractivity contribution in [2.75, 3.05) is 6.54 Å². The average Bonchev–Trinajstić information content (AvgIpc) is 2.25. The molecule has 0 aromatic heterocycles. The molecule has 0 amide bonds. The van der Waals surface area contributed by atoms with E-state index in [1.54, 1.807) is 0 Å². The maximum Gasteiger partial charge on any atom is 0.214 e. The molecule has 0 aromatic rings. The zero-order valence-electron chi connectivity index (χ0n) is 10.2. The van der Waals surface area contributed by atoms with Gasteiger partial charge in [0.15, 0.2) is 0 Å². The van der Waals surface area contributed by atoms with Gasteiger partial charge in [0.2, 0.25) is 10.0 Å². The molecule has 0 saturated heterocycles. The van der Waals surface area contributed by atoms with Crippen LogP contribution in [-0.2, 0) is 10.0 Å². The summed E-state index contributed by atoms with van der Waals surface area (Å²) in [7, 11) is -3.18. The molecule has 0 aliphatic carbocycles. The Morgan fingerprint density at radius 1 is 1.31 bits per heavy atom. The van der Waals surface area contributed by atoms with Crippen molar-refractivity contribution in [3.63, 3.8) is 0 Å². The van der Waals surface area contributed by atoms with E-state index < -0.39 is 10.0 Å². The molecule has 0 spiro atoms. The first-order valence-electron chi connectivity index (χ1n) is 5.93. The molecule has 0 saturated carbocycles. The molecule has 16 heavy (non-hydrogen) atoms. The molecule has 0 aliphatic rings. The van der Waals surface area contributed by atoms with Crippen LogP contribution >= 0.6 is 0 Å². The first kappa shape index (κ1) is 15.4. The summed E-state index contributed by atoms with van der Waals surface area (Å²) in [5.74, 6) is 0. The van der Waals surface area contributed by atoms with Crippen molar-refractivity contribution in [3.8, 4) is 6.07 Å². The van der Waals surface area contributed by atoms with Crippen molar-refractivity contribution in [1.29, 1.82) is 5.26 Å². The highest BCUT2D eigenvalue weighted by molar-refractivity contribution is 7.90. The van der Waals surface area contributed by atoms with Crippen LogP contribution in [-0.4, -0.2) is 20.2 Å². The van der Waals surface area contributed by atoms with Gasteiger partial charge in [-0.1, -0.05) is 26.7 Å². The molecular weight excluding hydrogens is 224 g/mol. The molecule has 5 heteroatoms. The van der Waals surface area contributed by atoms with Crippen LogP contribution in [0.2, 0.25) is 0 Å². The van der Waals surface area contributed by atoms with E-state index in [0.717, 1.165) is 19.3 Å². The van der Waals surface area contributed by atoms with E-state index in [0.29, 0.717) is 25.8 Å². The Hall–Kier alpha value is -0.600. The van der Waals surface area contributed by atoms with Crippen molar-refractivity contribution >= 4 is 10.0 Å². The van der Waals surface area contributed by atoms with Crippen molar-refractivity contribution in [2.45, 2.75) is 57.6 Å². The van der Waals surface area contributed by atoms with Crippen LogP contribution in [0.15, 0.2) is 0 Å². The Morgan fingerprint density at radius 2 is 2.00 bits per heavy atom. The van der Waals surface area contributed by atoms with Gasteiger partial charge in [0, 0.05) is 13.0 Å². The molecular formula is C11H22N2O2S. The van der Waals surface area contributed by atoms with E-state index in [-0.39, 0.29) is 5.25 Å². The molecule has 1 atom stereocenters. The van der Waals surface area contributed by atoms with Crippen molar-refractivity contribution in [1.82, 2.24) is 4.72 Å². The minimum atomic E-state index is -3.18. The van der Waals surface area contributed by atoms with Crippen LogP contribution in [0.25, 0.3) is 0 Å². The molecule has 0 aromatic carbocycles. The predicted molar refractivity (Wildman–Crippen MR) is 65.4 cm³/mol. The fourth-order valence-corrected chi connectivity index (χ4v) is 3.09. The van der Waals surface area contributed by atoms with E-state index in [9.17, 15) is 8.42 Å². The Kier molecular flexibility index (Phi) is 8.22. The quantitative estimate of drug-likeness (QED) is 0.634. The van der Waals surface area contributed by atoms with Gasteiger partial charge in [-0.25, -0.2) is 13.1 Å². The predicted octanol–water partition coefficient (Wildman–Crippen LogP) is 2.18. The summed E-state index contributed by atoms with van der Waals surface area (Å²) in [6.45, 7) is 4.33. The van der Waals surface area contributed by atoms with E-state index in [4.69, 9.17) is 5.26 Å². The number of rotatable bonds is 9. The first-order chi connectivity index (χ1) is 7.58. The van der Waals surface area contributed by atoms with Gasteiger partial charge in [-0.15, -0.1) is 0 Å². The summed E-state index contributed by atoms with van der Waals surface area (Å²) < 4.78 is 26.2. The number of hydrogen-bond donors (Lipinski definition) is 1. The monoisotopic (exact) mass is 246 g/mol. The lowest BCUT2D eigenvalue weighted by atomic mass is 10.2. The lowest BCUT2D eigenvalue weighted by Crippen LogP contribution is -2.34. The minimum absolute atomic E-state index is 0.283. The smallest absolute Gasteiger partial charge is 0.214 e. The van der Waals surface area contributed by atoms with E-state index >= 15 is 0 Å². The molecule has 1 unspecified atom stereocenters. The Labute approximate surface area is 99.1 Å². The average molecular weight is 246 g/mol. The number of sulfonamides is 1. The Bertz CT molecular complexity index is 306. The normalized spacial score (nSPS) is 13.3. The lowest BCUT2D eigenvalue weighted by molar-refractivity contribution is 0.543. The topological polar surface area (TPSA) is 70.0 Å². The van der Waals surface area contributed by atoms with Gasteiger partial charge >= 0.3 is 0 Å². The van der Waals surface area contributed by atoms with Gasteiger partial charge in [-0.3, -0.25) is 0 Å². The fraction of sp³-hybridized carbons (Fsp3) is 0.909. The van der Waals surface area contributed by atoms with Crippen LogP contribution in [0.5, 0.6) is 0 Å². The summed E-state index contributed by atoms with van der Waals surface area (Å²) in [5, 5.41) is 8.06. The Balaban J connectivity index is 4.11. The van der Waals surface area contributed by atoms with Gasteiger partial charge < -0.3 is 0 Å². The minimum Gasteiger partial charge on any atom is -0.215 e. The SMILES string of the molecule is CCCCC(CC)S(=O)(=O)NCCCC#N. The number of hydrogen-bond acceptors (Lipinski definition) is 3. The second kappa shape index (κ2) is 8.54. The number of nitrogens with one attached hydrogen (secondary N) is 1. The van der Waals surface area contributed by atoms with Crippen LogP contribution < -0.4 is 4.72 Å². The van der Waals surface area contributed by atoms with Crippen LogP contribution in [0.4, 0.5) is 0 Å². The largest absolute Gasteiger partial charge is 0.215 e. The van der Waals surface area contributed by atoms with Crippen molar-refractivity contribution < 1.29 is 8.42 Å². The number of nitriles is 1. The summed E-state index contributed by atoms with van der Waals surface area (Å²) in [4.78, 5) is 0. The van der Waals surface area contributed by atoms with Gasteiger partial charge in [0.25, 0.3) is 0 Å². The van der Waals surface area contributed by atoms with Crippen molar-refractivity contribution in [2.24, 2.45) is 0 Å². The second-order valence-corrected chi connectivity index (χ2v) is 5.92. The van der Waals surface area contributed by atoms with Crippen LogP contribution in [0, 0.1) is 11.3 Å². The lowest BCUT2D eigenvalue weighted by Gasteiger charge is -2.15. The molecule has 4 nitrogen and oxygen atoms in total. The first-order valence-corrected chi connectivity index (χ1v) is 7.48. The molecule has 1 N–H and O–H groups in total. The molecule has 0 rings (SSSR count). The van der Waals surface area contributed by atoms with Crippen molar-refractivity contribution in [3.05, 3.63) is 0 Å². The summed E-state index contributed by atoms with van der Waals surface area (Å²) in [6.07, 6.45) is 4.31. The van der Waals surface area contributed by atoms with Gasteiger partial charge in [-0.2, -0.15) is 5.26 Å². The maximum absolute atomic E-state index is 11.8. The zero-order chi connectivity index (χ0) is 12.4. The summed E-state index contributed by atoms with van der Waals surface area (Å²) in [5.41, 5.74) is 0. The molecule has 0 bridgehead atoms. The van der Waals surface area contributed by atoms with Crippen LogP contribution in [0.1, 0.15) is 52.4 Å². The fourth-order valence-electron chi connectivity index (χ4n) is 1.51. The Morgan fingerprint density at radius 3 is 2.50 bits per heavy atom. The van der Waals surface area contributed by atoms with E-state index in [1.807, 2.05) is 13.0 Å². The molecule has 0 heterocycles. The highest BCUT2D eigenvalue weighted by Crippen LogP contribution is 2.12. The van der Waals surface area contributed by atoms with E-state index in [1.165, 1.54) is 0 Å². The summed E-state index contributed by atoms with van der Waals surface area (Å²) >= 11 is 0. The highest BCUT2D eigenvalue weighted by atomic mass is 32.2. The third kappa shape index (κ3) is 6.09. The summed E-state index contributed by atoms with van der Waals surface area (Å²) in [6, 6.07) is 2.00. The maximum atomic E-state index is 11.8. The van der Waals surface area contributed by atoms with E-state index in [2.05, 4.69) is 11.6 Å². The molecule has 0 aliphatic heterocycles. The zero-order valence-corrected chi connectivity index (χ0v) is 11.0. The highest BCUT2D eigenvalue weighted by Gasteiger charge is 2.22. The molecule has 0 fully saturated rings. The standard InChI is InChI=1S/C11H22N2O2S/c1-3-5-8-11(4-2)16(14,15)13-10-7-6-9-12/h11,13H,3-8,10H2,1-2H3. The van der Waals surface area contributed by atoms with Gasteiger partial charge in [-0.05, 0) is 19.3 Å². The third-order valence-electron chi connectivity index (χ3n) is 2.54. The molecule has 0 radical (unpaired) electrons. The number of unbranched alkanes of at least 4 members (excludes halogenated alkanes) is 2. The van der Waals surface area contributed by atoms with Gasteiger partial charge in [0.1, 0.15) is 0 Å². The third-order valence-corrected chi connectivity index (χ3v) is 4.60. The number of nitrogens with zero attached hydrogens (tertiary/aromatic N) is 1. The molecule has 94 valence electrons. The second-order valence-electron chi connectivity index (χ2n) is 3.87. The van der Waals surface area contributed by atoms with Gasteiger partial charge in [0.05, 0.1) is 11.3 Å². The van der Waals surface area contributed by atoms with Crippen LogP contribution in [0.3, 0.4) is 0 Å².